The van der Waals surface area contributed by atoms with Crippen molar-refractivity contribution in [1.82, 2.24) is 0 Å². The van der Waals surface area contributed by atoms with Crippen LogP contribution in [0.15, 0.2) is 97.1 Å². The van der Waals surface area contributed by atoms with Crippen molar-refractivity contribution in [1.29, 1.82) is 0 Å². The first-order chi connectivity index (χ1) is 24.3. The molecule has 2 fully saturated rings. The van der Waals surface area contributed by atoms with Gasteiger partial charge in [0.15, 0.2) is 12.1 Å². The first-order valence-electron chi connectivity index (χ1n) is 18.2. The van der Waals surface area contributed by atoms with Gasteiger partial charge in [0, 0.05) is 29.6 Å². The molecule has 1 saturated carbocycles. The molecule has 6 heteroatoms. The summed E-state index contributed by atoms with van der Waals surface area (Å²) in [5.41, 5.74) is 5.54. The Morgan fingerprint density at radius 1 is 0.740 bits per heavy atom. The fraction of sp³-hybridized carbons (Fsp3) is 0.409. The molecular formula is C44H50O6. The molecule has 0 amide bonds. The van der Waals surface area contributed by atoms with Gasteiger partial charge in [0.2, 0.25) is 0 Å². The molecular weight excluding hydrogens is 624 g/mol. The molecule has 2 atom stereocenters. The lowest BCUT2D eigenvalue weighted by atomic mass is 9.65. The molecule has 2 aliphatic rings. The van der Waals surface area contributed by atoms with Crippen LogP contribution in [0.5, 0.6) is 11.5 Å². The van der Waals surface area contributed by atoms with Crippen molar-refractivity contribution in [3.8, 4) is 11.5 Å². The zero-order valence-corrected chi connectivity index (χ0v) is 29.7. The van der Waals surface area contributed by atoms with Crippen LogP contribution in [0, 0.1) is 0 Å². The zero-order valence-electron chi connectivity index (χ0n) is 29.7. The van der Waals surface area contributed by atoms with Crippen molar-refractivity contribution in [2.75, 3.05) is 20.3 Å². The maximum Gasteiger partial charge on any atom is 0.343 e. The van der Waals surface area contributed by atoms with Gasteiger partial charge in [-0.25, -0.2) is 4.79 Å². The van der Waals surface area contributed by atoms with Crippen LogP contribution in [0.4, 0.5) is 0 Å². The minimum absolute atomic E-state index is 0.0469. The van der Waals surface area contributed by atoms with E-state index in [0.717, 1.165) is 68.4 Å². The highest BCUT2D eigenvalue weighted by Crippen LogP contribution is 2.45. The molecule has 262 valence electrons. The van der Waals surface area contributed by atoms with Crippen molar-refractivity contribution >= 4 is 11.8 Å². The Hall–Kier alpha value is -4.26. The van der Waals surface area contributed by atoms with E-state index >= 15 is 0 Å². The van der Waals surface area contributed by atoms with Gasteiger partial charge in [-0.1, -0.05) is 86.8 Å². The van der Waals surface area contributed by atoms with E-state index in [9.17, 15) is 9.59 Å². The molecule has 0 spiro atoms. The standard InChI is InChI=1S/C44H50O6/c1-32(45)33-11-15-35(16-12-33)43(2,27-9-31-49-41-10-5-8-30-48-41)36-19-25-40(26-20-36)50-42(46)34-13-17-37(18-14-34)44(28-6-4-7-29-44)38-21-23-39(47-3)24-22-38/h11-26,41H,4-10,27-31H2,1-3H3. The molecule has 1 heterocycles. The molecule has 6 rings (SSSR count). The van der Waals surface area contributed by atoms with Crippen LogP contribution in [0.25, 0.3) is 0 Å². The van der Waals surface area contributed by atoms with Gasteiger partial charge in [-0.15, -0.1) is 0 Å². The van der Waals surface area contributed by atoms with E-state index in [1.165, 1.54) is 30.4 Å². The quantitative estimate of drug-likeness (QED) is 0.0609. The fourth-order valence-electron chi connectivity index (χ4n) is 7.80. The number of carbonyl (C=O) groups is 2. The van der Waals surface area contributed by atoms with Gasteiger partial charge in [-0.2, -0.15) is 0 Å². The number of ether oxygens (including phenoxy) is 4. The molecule has 1 saturated heterocycles. The summed E-state index contributed by atoms with van der Waals surface area (Å²) >= 11 is 0. The highest BCUT2D eigenvalue weighted by Gasteiger charge is 2.36. The van der Waals surface area contributed by atoms with Crippen molar-refractivity contribution in [3.05, 3.63) is 130 Å². The third-order valence-electron chi connectivity index (χ3n) is 10.9. The fourth-order valence-corrected chi connectivity index (χ4v) is 7.80. The molecule has 1 aliphatic heterocycles. The van der Waals surface area contributed by atoms with Gasteiger partial charge < -0.3 is 18.9 Å². The average Bonchev–Trinajstić information content (AvgIpc) is 3.17. The Labute approximate surface area is 297 Å². The Morgan fingerprint density at radius 3 is 1.90 bits per heavy atom. The molecule has 6 nitrogen and oxygen atoms in total. The van der Waals surface area contributed by atoms with E-state index < -0.39 is 0 Å². The number of benzene rings is 4. The van der Waals surface area contributed by atoms with Crippen molar-refractivity contribution in [2.45, 2.75) is 95.2 Å². The predicted molar refractivity (Wildman–Crippen MR) is 196 cm³/mol. The summed E-state index contributed by atoms with van der Waals surface area (Å²) in [5, 5.41) is 0. The van der Waals surface area contributed by atoms with Crippen molar-refractivity contribution in [2.24, 2.45) is 0 Å². The highest BCUT2D eigenvalue weighted by molar-refractivity contribution is 5.94. The summed E-state index contributed by atoms with van der Waals surface area (Å²) in [6, 6.07) is 32.2. The predicted octanol–water partition coefficient (Wildman–Crippen LogP) is 10.00. The van der Waals surface area contributed by atoms with Crippen LogP contribution in [0.2, 0.25) is 0 Å². The Balaban J connectivity index is 1.15. The van der Waals surface area contributed by atoms with Crippen LogP contribution >= 0.6 is 0 Å². The van der Waals surface area contributed by atoms with Crippen molar-refractivity contribution < 1.29 is 28.5 Å². The second-order valence-electron chi connectivity index (χ2n) is 14.1. The van der Waals surface area contributed by atoms with Gasteiger partial charge in [0.25, 0.3) is 0 Å². The third kappa shape index (κ3) is 8.03. The Bertz CT molecular complexity index is 1700. The lowest BCUT2D eigenvalue weighted by Crippen LogP contribution is -2.30. The lowest BCUT2D eigenvalue weighted by molar-refractivity contribution is -0.163. The molecule has 50 heavy (non-hydrogen) atoms. The number of ketones is 1. The normalized spacial score (nSPS) is 18.5. The van der Waals surface area contributed by atoms with Crippen LogP contribution in [-0.4, -0.2) is 38.4 Å². The van der Waals surface area contributed by atoms with E-state index in [1.807, 2.05) is 72.8 Å². The van der Waals surface area contributed by atoms with Crippen LogP contribution in [-0.2, 0) is 20.3 Å². The Morgan fingerprint density at radius 2 is 1.32 bits per heavy atom. The van der Waals surface area contributed by atoms with Gasteiger partial charge in [-0.05, 0) is 111 Å². The van der Waals surface area contributed by atoms with Crippen molar-refractivity contribution in [3.63, 3.8) is 0 Å². The zero-order chi connectivity index (χ0) is 35.0. The van der Waals surface area contributed by atoms with Crippen LogP contribution in [0.1, 0.15) is 121 Å². The number of methoxy groups -OCH3 is 1. The van der Waals surface area contributed by atoms with E-state index in [0.29, 0.717) is 23.5 Å². The molecule has 0 N–H and O–H groups in total. The SMILES string of the molecule is COc1ccc(C2(c3ccc(C(=O)Oc4ccc(C(C)(CCCOC5CCCCO5)c5ccc(C(C)=O)cc5)cc4)cc3)CCCCC2)cc1. The van der Waals surface area contributed by atoms with Gasteiger partial charge in [0.1, 0.15) is 11.5 Å². The minimum atomic E-state index is -0.379. The van der Waals surface area contributed by atoms with Crippen LogP contribution < -0.4 is 9.47 Å². The maximum absolute atomic E-state index is 13.3. The molecule has 2 unspecified atom stereocenters. The summed E-state index contributed by atoms with van der Waals surface area (Å²) in [7, 11) is 1.69. The maximum atomic E-state index is 13.3. The summed E-state index contributed by atoms with van der Waals surface area (Å²) in [6.45, 7) is 5.18. The number of carbonyl (C=O) groups excluding carboxylic acids is 2. The minimum Gasteiger partial charge on any atom is -0.497 e. The number of esters is 1. The molecule has 1 aliphatic carbocycles. The van der Waals surface area contributed by atoms with E-state index in [2.05, 4.69) is 31.2 Å². The smallest absolute Gasteiger partial charge is 0.343 e. The molecule has 0 radical (unpaired) electrons. The number of Topliss-reactive ketones (excluding diaryl/α,β-unsaturated/α-hetero) is 1. The van der Waals surface area contributed by atoms with E-state index in [4.69, 9.17) is 18.9 Å². The topological polar surface area (TPSA) is 71.1 Å². The summed E-state index contributed by atoms with van der Waals surface area (Å²) in [4.78, 5) is 25.3. The number of rotatable bonds is 13. The second-order valence-corrected chi connectivity index (χ2v) is 14.1. The third-order valence-corrected chi connectivity index (χ3v) is 10.9. The second kappa shape index (κ2) is 16.2. The Kier molecular flexibility index (Phi) is 11.5. The van der Waals surface area contributed by atoms with Gasteiger partial charge in [-0.3, -0.25) is 4.79 Å². The summed E-state index contributed by atoms with van der Waals surface area (Å²) in [5.74, 6) is 1.02. The first kappa shape index (κ1) is 35.6. The van der Waals surface area contributed by atoms with Gasteiger partial charge >= 0.3 is 5.97 Å². The number of hydrogen-bond donors (Lipinski definition) is 0. The summed E-state index contributed by atoms with van der Waals surface area (Å²) < 4.78 is 23.1. The first-order valence-corrected chi connectivity index (χ1v) is 18.2. The van der Waals surface area contributed by atoms with Gasteiger partial charge in [0.05, 0.1) is 12.7 Å². The van der Waals surface area contributed by atoms with E-state index in [-0.39, 0.29) is 28.9 Å². The number of hydrogen-bond acceptors (Lipinski definition) is 6. The largest absolute Gasteiger partial charge is 0.497 e. The summed E-state index contributed by atoms with van der Waals surface area (Å²) in [6.07, 6.45) is 10.5. The molecule has 4 aromatic rings. The van der Waals surface area contributed by atoms with E-state index in [1.54, 1.807) is 14.0 Å². The lowest BCUT2D eigenvalue weighted by Gasteiger charge is -2.38. The molecule has 0 aromatic heterocycles. The molecule has 4 aromatic carbocycles. The molecule has 0 bridgehead atoms. The average molecular weight is 675 g/mol. The highest BCUT2D eigenvalue weighted by atomic mass is 16.7. The van der Waals surface area contributed by atoms with Crippen LogP contribution in [0.3, 0.4) is 0 Å². The monoisotopic (exact) mass is 674 g/mol.